The summed E-state index contributed by atoms with van der Waals surface area (Å²) in [5.41, 5.74) is 3.33. The van der Waals surface area contributed by atoms with Crippen LogP contribution < -0.4 is 4.57 Å². The van der Waals surface area contributed by atoms with E-state index in [-0.39, 0.29) is 41.4 Å². The number of aromatic nitrogens is 1. The van der Waals surface area contributed by atoms with Crippen molar-refractivity contribution in [3.8, 4) is 5.75 Å². The van der Waals surface area contributed by atoms with E-state index >= 15 is 0 Å². The highest BCUT2D eigenvalue weighted by molar-refractivity contribution is 6.32. The molecule has 2 aromatic carbocycles. The Bertz CT molecular complexity index is 1700. The van der Waals surface area contributed by atoms with Crippen molar-refractivity contribution >= 4 is 40.9 Å². The summed E-state index contributed by atoms with van der Waals surface area (Å²) >= 11 is 6.46. The fourth-order valence-electron chi connectivity index (χ4n) is 4.48. The molecule has 2 aliphatic rings. The monoisotopic (exact) mass is 554 g/mol. The zero-order valence-corrected chi connectivity index (χ0v) is 22.2. The van der Waals surface area contributed by atoms with Crippen molar-refractivity contribution in [2.45, 2.75) is 19.9 Å². The number of benzene rings is 2. The number of Topliss-reactive ketones (excluding diaryl/α,β-unsaturated/α-hetero) is 1. The lowest BCUT2D eigenvalue weighted by atomic mass is 9.80. The van der Waals surface area contributed by atoms with Crippen LogP contribution >= 0.6 is 11.6 Å². The number of carbonyl (C=O) groups is 2. The Hall–Kier alpha value is -4.88. The third kappa shape index (κ3) is 5.32. The Labute approximate surface area is 235 Å². The lowest BCUT2D eigenvalue weighted by Crippen LogP contribution is -2.33. The lowest BCUT2D eigenvalue weighted by molar-refractivity contribution is -0.696. The van der Waals surface area contributed by atoms with E-state index in [9.17, 15) is 19.8 Å². The number of ketones is 1. The number of halogens is 1. The first-order valence-electron chi connectivity index (χ1n) is 12.5. The van der Waals surface area contributed by atoms with E-state index in [2.05, 4.69) is 0 Å². The molecule has 0 saturated heterocycles. The number of aliphatic carboxylic acids is 1. The summed E-state index contributed by atoms with van der Waals surface area (Å²) < 4.78 is 7.76. The maximum absolute atomic E-state index is 13.2. The number of carboxylic acid groups (broad SMARTS) is 1. The molecule has 0 saturated carbocycles. The van der Waals surface area contributed by atoms with Gasteiger partial charge in [-0.2, -0.15) is 0 Å². The molecule has 8 heteroatoms. The molecule has 1 aliphatic heterocycles. The van der Waals surface area contributed by atoms with Crippen molar-refractivity contribution < 1.29 is 34.2 Å². The van der Waals surface area contributed by atoms with Gasteiger partial charge in [0, 0.05) is 22.8 Å². The highest BCUT2D eigenvalue weighted by Gasteiger charge is 2.36. The van der Waals surface area contributed by atoms with Gasteiger partial charge in [0.25, 0.3) is 0 Å². The van der Waals surface area contributed by atoms with E-state index in [1.807, 2.05) is 54.6 Å². The average molecular weight is 555 g/mol. The van der Waals surface area contributed by atoms with Crippen LogP contribution in [0.2, 0.25) is 5.02 Å². The van der Waals surface area contributed by atoms with Crippen molar-refractivity contribution in [2.24, 2.45) is 0 Å². The fourth-order valence-corrected chi connectivity index (χ4v) is 4.71. The molecule has 1 aliphatic carbocycles. The molecule has 0 bridgehead atoms. The van der Waals surface area contributed by atoms with Crippen LogP contribution in [0.1, 0.15) is 30.0 Å². The largest absolute Gasteiger partial charge is 0.506 e. The molecule has 200 valence electrons. The van der Waals surface area contributed by atoms with Gasteiger partial charge in [-0.1, -0.05) is 54.1 Å². The van der Waals surface area contributed by atoms with Gasteiger partial charge in [-0.15, -0.1) is 0 Å². The summed E-state index contributed by atoms with van der Waals surface area (Å²) in [5.74, 6) is -0.551. The van der Waals surface area contributed by atoms with Gasteiger partial charge in [0.05, 0.1) is 16.2 Å². The van der Waals surface area contributed by atoms with Gasteiger partial charge in [-0.05, 0) is 48.4 Å². The van der Waals surface area contributed by atoms with Gasteiger partial charge in [0.2, 0.25) is 12.0 Å². The second kappa shape index (κ2) is 11.1. The Balaban J connectivity index is 1.53. The summed E-state index contributed by atoms with van der Waals surface area (Å²) in [7, 11) is 0. The number of rotatable bonds is 7. The molecule has 3 N–H and O–H groups in total. The number of carboxylic acids is 1. The SMILES string of the molecule is CC(=C1C=C(c2ccccc2)OC(c2ccccc2Cl)=C1)C1=C(O)C(=Cc2cc[n+](CCC(=O)O)cc2O)C1=O. The van der Waals surface area contributed by atoms with Gasteiger partial charge in [0.15, 0.2) is 18.5 Å². The third-order valence-electron chi connectivity index (χ3n) is 6.68. The Kier molecular flexibility index (Phi) is 7.40. The quantitative estimate of drug-likeness (QED) is 0.244. The molecular formula is C32H25ClNO6+. The van der Waals surface area contributed by atoms with Crippen LogP contribution in [-0.4, -0.2) is 27.1 Å². The molecule has 2 heterocycles. The Morgan fingerprint density at radius 2 is 1.70 bits per heavy atom. The van der Waals surface area contributed by atoms with E-state index in [0.717, 1.165) is 5.56 Å². The molecule has 3 aromatic rings. The predicted molar refractivity (Wildman–Crippen MR) is 151 cm³/mol. The summed E-state index contributed by atoms with van der Waals surface area (Å²) in [6.07, 6.45) is 7.91. The first-order valence-corrected chi connectivity index (χ1v) is 12.9. The first-order chi connectivity index (χ1) is 19.2. The number of allylic oxidation sites excluding steroid dienone is 6. The van der Waals surface area contributed by atoms with Crippen LogP contribution in [0.5, 0.6) is 5.75 Å². The number of ether oxygens (including phenoxy) is 1. The molecule has 7 nitrogen and oxygen atoms in total. The maximum Gasteiger partial charge on any atom is 0.309 e. The van der Waals surface area contributed by atoms with Crippen molar-refractivity contribution in [1.82, 2.24) is 0 Å². The topological polar surface area (TPSA) is 108 Å². The van der Waals surface area contributed by atoms with E-state index in [1.54, 1.807) is 31.3 Å². The summed E-state index contributed by atoms with van der Waals surface area (Å²) in [6.45, 7) is 1.94. The Morgan fingerprint density at radius 1 is 1.00 bits per heavy atom. The number of aliphatic hydroxyl groups excluding tert-OH is 1. The van der Waals surface area contributed by atoms with Crippen LogP contribution in [-0.2, 0) is 20.9 Å². The van der Waals surface area contributed by atoms with Crippen LogP contribution in [0.25, 0.3) is 17.6 Å². The number of aromatic hydroxyl groups is 1. The number of pyridine rings is 1. The molecule has 0 amide bonds. The second-order valence-corrected chi connectivity index (χ2v) is 9.73. The summed E-state index contributed by atoms with van der Waals surface area (Å²) in [4.78, 5) is 24.0. The number of carbonyl (C=O) groups excluding carboxylic acids is 1. The molecule has 0 unspecified atom stereocenters. The number of nitrogens with zero attached hydrogens (tertiary/aromatic N) is 1. The lowest BCUT2D eigenvalue weighted by Gasteiger charge is -2.25. The van der Waals surface area contributed by atoms with Gasteiger partial charge < -0.3 is 20.1 Å². The van der Waals surface area contributed by atoms with E-state index in [4.69, 9.17) is 21.4 Å². The van der Waals surface area contributed by atoms with Crippen molar-refractivity contribution in [3.63, 3.8) is 0 Å². The fraction of sp³-hybridized carbons (Fsp3) is 0.0938. The third-order valence-corrected chi connectivity index (χ3v) is 7.01. The molecule has 40 heavy (non-hydrogen) atoms. The molecule has 0 fully saturated rings. The molecule has 1 aromatic heterocycles. The van der Waals surface area contributed by atoms with Crippen LogP contribution in [0, 0.1) is 0 Å². The van der Waals surface area contributed by atoms with Crippen molar-refractivity contribution in [2.75, 3.05) is 0 Å². The number of hydrogen-bond acceptors (Lipinski definition) is 5. The van der Waals surface area contributed by atoms with E-state index < -0.39 is 5.97 Å². The number of aryl methyl sites for hydroxylation is 1. The van der Waals surface area contributed by atoms with Gasteiger partial charge in [-0.3, -0.25) is 9.59 Å². The average Bonchev–Trinajstić information content (AvgIpc) is 2.96. The molecule has 0 atom stereocenters. The Morgan fingerprint density at radius 3 is 2.38 bits per heavy atom. The summed E-state index contributed by atoms with van der Waals surface area (Å²) in [6, 6.07) is 18.4. The van der Waals surface area contributed by atoms with Crippen LogP contribution in [0.15, 0.2) is 113 Å². The summed E-state index contributed by atoms with van der Waals surface area (Å²) in [5, 5.41) is 30.7. The van der Waals surface area contributed by atoms with Crippen LogP contribution in [0.4, 0.5) is 0 Å². The van der Waals surface area contributed by atoms with Crippen molar-refractivity contribution in [3.05, 3.63) is 135 Å². The molecule has 0 spiro atoms. The highest BCUT2D eigenvalue weighted by Crippen LogP contribution is 2.41. The standard InChI is InChI=1S/C32H24ClNO6/c1-19(30-31(38)24(32(30)39)15-21-11-13-34(18-26(21)35)14-12-29(36)37)22-16-27(20-7-3-2-4-8-20)40-28(17-22)23-9-5-6-10-25(23)33/h2-11,13,15-18H,12,14H2,1H3,(H2-,35,36,37,38,39)/p+1. The normalized spacial score (nSPS) is 17.1. The van der Waals surface area contributed by atoms with Gasteiger partial charge in [0.1, 0.15) is 23.7 Å². The van der Waals surface area contributed by atoms with Crippen molar-refractivity contribution in [1.29, 1.82) is 0 Å². The van der Waals surface area contributed by atoms with Crippen LogP contribution in [0.3, 0.4) is 0 Å². The number of aliphatic hydroxyl groups is 1. The van der Waals surface area contributed by atoms with Gasteiger partial charge in [-0.25, -0.2) is 4.57 Å². The van der Waals surface area contributed by atoms with E-state index in [0.29, 0.717) is 38.8 Å². The van der Waals surface area contributed by atoms with Gasteiger partial charge >= 0.3 is 5.97 Å². The second-order valence-electron chi connectivity index (χ2n) is 9.32. The maximum atomic E-state index is 13.2. The predicted octanol–water partition coefficient (Wildman–Crippen LogP) is 6.01. The number of hydrogen-bond donors (Lipinski definition) is 3. The minimum absolute atomic E-state index is 0.0724. The molecule has 0 radical (unpaired) electrons. The first kappa shape index (κ1) is 26.7. The van der Waals surface area contributed by atoms with E-state index in [1.165, 1.54) is 16.8 Å². The zero-order valence-electron chi connectivity index (χ0n) is 21.5. The highest BCUT2D eigenvalue weighted by atomic mass is 35.5. The smallest absolute Gasteiger partial charge is 0.309 e. The molecular weight excluding hydrogens is 530 g/mol. The minimum Gasteiger partial charge on any atom is -0.506 e. The molecule has 5 rings (SSSR count). The zero-order chi connectivity index (χ0) is 28.4. The minimum atomic E-state index is -0.950.